The van der Waals surface area contributed by atoms with Gasteiger partial charge in [-0.1, -0.05) is 0 Å². The summed E-state index contributed by atoms with van der Waals surface area (Å²) in [6, 6.07) is 5.50. The van der Waals surface area contributed by atoms with Gasteiger partial charge in [-0.2, -0.15) is 0 Å². The summed E-state index contributed by atoms with van der Waals surface area (Å²) in [5.74, 6) is -1.09. The Morgan fingerprint density at radius 1 is 1.44 bits per heavy atom. The van der Waals surface area contributed by atoms with Gasteiger partial charge in [0.15, 0.2) is 0 Å². The van der Waals surface area contributed by atoms with Crippen LogP contribution in [0.3, 0.4) is 0 Å². The van der Waals surface area contributed by atoms with Crippen molar-refractivity contribution in [3.63, 3.8) is 0 Å². The van der Waals surface area contributed by atoms with Gasteiger partial charge in [0.25, 0.3) is 5.69 Å². The van der Waals surface area contributed by atoms with Crippen LogP contribution in [-0.4, -0.2) is 28.6 Å². The van der Waals surface area contributed by atoms with Crippen molar-refractivity contribution in [1.29, 1.82) is 0 Å². The second-order valence-electron chi connectivity index (χ2n) is 4.11. The Balaban J connectivity index is 0.000000225. The van der Waals surface area contributed by atoms with Crippen molar-refractivity contribution in [3.05, 3.63) is 39.9 Å². The largest absolute Gasteiger partial charge is 0.478 e. The van der Waals surface area contributed by atoms with E-state index >= 15 is 0 Å². The summed E-state index contributed by atoms with van der Waals surface area (Å²) >= 11 is 0. The number of benzene rings is 1. The SMILES string of the molecule is CC1CCCN1.O=C(O)c1ccc([N+](=O)[O-])cc1. The topological polar surface area (TPSA) is 92.5 Å². The van der Waals surface area contributed by atoms with Crippen LogP contribution in [0.4, 0.5) is 5.69 Å². The lowest BCUT2D eigenvalue weighted by Gasteiger charge is -1.95. The number of aromatic carboxylic acids is 1. The third kappa shape index (κ3) is 4.50. The van der Waals surface area contributed by atoms with Crippen LogP contribution in [0, 0.1) is 10.1 Å². The lowest BCUT2D eigenvalue weighted by molar-refractivity contribution is -0.384. The molecule has 1 saturated heterocycles. The Kier molecular flexibility index (Phi) is 5.26. The number of carboxylic acid groups (broad SMARTS) is 1. The normalized spacial score (nSPS) is 17.7. The molecule has 0 bridgehead atoms. The summed E-state index contributed by atoms with van der Waals surface area (Å²) < 4.78 is 0. The highest BCUT2D eigenvalue weighted by Gasteiger charge is 2.07. The molecule has 6 nitrogen and oxygen atoms in total. The van der Waals surface area contributed by atoms with Crippen molar-refractivity contribution in [2.45, 2.75) is 25.8 Å². The molecule has 0 aliphatic carbocycles. The number of carbonyl (C=O) groups is 1. The molecule has 98 valence electrons. The van der Waals surface area contributed by atoms with Crippen molar-refractivity contribution in [2.75, 3.05) is 6.54 Å². The predicted octanol–water partition coefficient (Wildman–Crippen LogP) is 2.05. The lowest BCUT2D eigenvalue weighted by Crippen LogP contribution is -2.16. The van der Waals surface area contributed by atoms with E-state index in [1.165, 1.54) is 31.5 Å². The molecule has 6 heteroatoms. The summed E-state index contributed by atoms with van der Waals surface area (Å²) in [5.41, 5.74) is -0.0689. The molecule has 2 N–H and O–H groups in total. The molecule has 2 rings (SSSR count). The summed E-state index contributed by atoms with van der Waals surface area (Å²) in [6.07, 6.45) is 2.75. The van der Waals surface area contributed by atoms with E-state index < -0.39 is 10.9 Å². The monoisotopic (exact) mass is 252 g/mol. The number of rotatable bonds is 2. The van der Waals surface area contributed by atoms with Gasteiger partial charge in [-0.05, 0) is 38.4 Å². The van der Waals surface area contributed by atoms with Crippen LogP contribution < -0.4 is 5.32 Å². The minimum absolute atomic E-state index is 0.0422. The Morgan fingerprint density at radius 3 is 2.33 bits per heavy atom. The van der Waals surface area contributed by atoms with Crippen molar-refractivity contribution in [3.8, 4) is 0 Å². The summed E-state index contributed by atoms with van der Waals surface area (Å²) in [7, 11) is 0. The van der Waals surface area contributed by atoms with Gasteiger partial charge in [-0.3, -0.25) is 10.1 Å². The third-order valence-corrected chi connectivity index (χ3v) is 2.63. The van der Waals surface area contributed by atoms with E-state index in [1.54, 1.807) is 0 Å². The Labute approximate surface area is 105 Å². The number of nitro benzene ring substituents is 1. The molecular formula is C12H16N2O4. The van der Waals surface area contributed by atoms with Crippen molar-refractivity contribution in [1.82, 2.24) is 5.32 Å². The minimum Gasteiger partial charge on any atom is -0.478 e. The molecule has 1 atom stereocenters. The molecule has 1 fully saturated rings. The Bertz CT molecular complexity index is 378. The van der Waals surface area contributed by atoms with Gasteiger partial charge in [0.2, 0.25) is 0 Å². The zero-order valence-corrected chi connectivity index (χ0v) is 10.1. The molecule has 1 aromatic rings. The summed E-state index contributed by atoms with van der Waals surface area (Å²) in [5, 5.41) is 21.9. The molecule has 1 unspecified atom stereocenters. The van der Waals surface area contributed by atoms with Gasteiger partial charge >= 0.3 is 5.97 Å². The van der Waals surface area contributed by atoms with Gasteiger partial charge in [0.05, 0.1) is 10.5 Å². The van der Waals surface area contributed by atoms with Crippen molar-refractivity contribution >= 4 is 11.7 Å². The minimum atomic E-state index is -1.09. The first-order valence-corrected chi connectivity index (χ1v) is 5.72. The van der Waals surface area contributed by atoms with Crippen molar-refractivity contribution in [2.24, 2.45) is 0 Å². The van der Waals surface area contributed by atoms with Crippen LogP contribution >= 0.6 is 0 Å². The maximum atomic E-state index is 10.3. The Hall–Kier alpha value is -1.95. The molecule has 18 heavy (non-hydrogen) atoms. The molecule has 0 amide bonds. The molecule has 0 radical (unpaired) electrons. The fourth-order valence-corrected chi connectivity index (χ4v) is 1.58. The number of non-ortho nitro benzene ring substituents is 1. The Morgan fingerprint density at radius 2 is 2.06 bits per heavy atom. The number of carboxylic acids is 1. The zero-order valence-electron chi connectivity index (χ0n) is 10.1. The average Bonchev–Trinajstić information content (AvgIpc) is 2.81. The lowest BCUT2D eigenvalue weighted by atomic mass is 10.2. The van der Waals surface area contributed by atoms with E-state index in [1.807, 2.05) is 0 Å². The number of nitro groups is 1. The highest BCUT2D eigenvalue weighted by atomic mass is 16.6. The first-order chi connectivity index (χ1) is 8.50. The van der Waals surface area contributed by atoms with Gasteiger partial charge < -0.3 is 10.4 Å². The van der Waals surface area contributed by atoms with Crippen LogP contribution in [0.1, 0.15) is 30.1 Å². The van der Waals surface area contributed by atoms with E-state index in [0.29, 0.717) is 0 Å². The predicted molar refractivity (Wildman–Crippen MR) is 66.8 cm³/mol. The number of hydrogen-bond acceptors (Lipinski definition) is 4. The first kappa shape index (κ1) is 14.1. The van der Waals surface area contributed by atoms with Crippen LogP contribution in [-0.2, 0) is 0 Å². The standard InChI is InChI=1S/C7H5NO4.C5H11N/c9-7(10)5-1-3-6(4-2-5)8(11)12;1-5-3-2-4-6-5/h1-4H,(H,9,10);5-6H,2-4H2,1H3. The fraction of sp³-hybridized carbons (Fsp3) is 0.417. The third-order valence-electron chi connectivity index (χ3n) is 2.63. The highest BCUT2D eigenvalue weighted by molar-refractivity contribution is 5.87. The molecule has 0 spiro atoms. The number of hydrogen-bond donors (Lipinski definition) is 2. The van der Waals surface area contributed by atoms with E-state index in [9.17, 15) is 14.9 Å². The molecule has 0 saturated carbocycles. The summed E-state index contributed by atoms with van der Waals surface area (Å²) in [6.45, 7) is 3.47. The van der Waals surface area contributed by atoms with Gasteiger partial charge in [0.1, 0.15) is 0 Å². The second-order valence-corrected chi connectivity index (χ2v) is 4.11. The zero-order chi connectivity index (χ0) is 13.5. The fourth-order valence-electron chi connectivity index (χ4n) is 1.58. The molecule has 1 heterocycles. The van der Waals surface area contributed by atoms with E-state index in [0.717, 1.165) is 18.2 Å². The number of nitrogens with zero attached hydrogens (tertiary/aromatic N) is 1. The second kappa shape index (κ2) is 6.70. The summed E-state index contributed by atoms with van der Waals surface area (Å²) in [4.78, 5) is 19.9. The quantitative estimate of drug-likeness (QED) is 0.620. The molecule has 1 aromatic carbocycles. The van der Waals surface area contributed by atoms with Crippen LogP contribution in [0.5, 0.6) is 0 Å². The van der Waals surface area contributed by atoms with Crippen LogP contribution in [0.2, 0.25) is 0 Å². The van der Waals surface area contributed by atoms with Gasteiger partial charge in [-0.15, -0.1) is 0 Å². The van der Waals surface area contributed by atoms with E-state index in [4.69, 9.17) is 5.11 Å². The molecule has 1 aliphatic rings. The van der Waals surface area contributed by atoms with E-state index in [-0.39, 0.29) is 11.3 Å². The van der Waals surface area contributed by atoms with E-state index in [2.05, 4.69) is 12.2 Å². The number of nitrogens with one attached hydrogen (secondary N) is 1. The highest BCUT2D eigenvalue weighted by Crippen LogP contribution is 2.11. The molecule has 0 aromatic heterocycles. The maximum Gasteiger partial charge on any atom is 0.335 e. The van der Waals surface area contributed by atoms with Gasteiger partial charge in [-0.25, -0.2) is 4.79 Å². The molecule has 1 aliphatic heterocycles. The average molecular weight is 252 g/mol. The van der Waals surface area contributed by atoms with Crippen LogP contribution in [0.15, 0.2) is 24.3 Å². The smallest absolute Gasteiger partial charge is 0.335 e. The maximum absolute atomic E-state index is 10.3. The van der Waals surface area contributed by atoms with Crippen molar-refractivity contribution < 1.29 is 14.8 Å². The first-order valence-electron chi connectivity index (χ1n) is 5.72. The van der Waals surface area contributed by atoms with Crippen LogP contribution in [0.25, 0.3) is 0 Å². The molecular weight excluding hydrogens is 236 g/mol. The van der Waals surface area contributed by atoms with Gasteiger partial charge in [0, 0.05) is 18.2 Å².